The fraction of sp³-hybridized carbons (Fsp3) is 0.600. The molecule has 1 aliphatic carbocycles. The summed E-state index contributed by atoms with van der Waals surface area (Å²) in [6.07, 6.45) is 4.95. The van der Waals surface area contributed by atoms with Crippen molar-refractivity contribution in [2.75, 3.05) is 7.11 Å². The lowest BCUT2D eigenvalue weighted by atomic mass is 9.79. The van der Waals surface area contributed by atoms with Crippen LogP contribution in [0.25, 0.3) is 0 Å². The van der Waals surface area contributed by atoms with Crippen LogP contribution in [0.3, 0.4) is 0 Å². The molecule has 110 valence electrons. The molecule has 0 amide bonds. The van der Waals surface area contributed by atoms with Crippen molar-refractivity contribution in [2.24, 2.45) is 5.92 Å². The maximum absolute atomic E-state index is 9.23. The summed E-state index contributed by atoms with van der Waals surface area (Å²) in [6, 6.07) is 5.13. The van der Waals surface area contributed by atoms with Crippen LogP contribution >= 0.6 is 0 Å². The second-order valence-corrected chi connectivity index (χ2v) is 5.64. The molecule has 1 saturated carbocycles. The first-order valence-corrected chi connectivity index (χ1v) is 7.24. The van der Waals surface area contributed by atoms with Crippen LogP contribution in [0.1, 0.15) is 38.2 Å². The fourth-order valence-corrected chi connectivity index (χ4v) is 2.68. The lowest BCUT2D eigenvalue weighted by molar-refractivity contribution is 0.00805. The van der Waals surface area contributed by atoms with E-state index < -0.39 is 7.12 Å². The van der Waals surface area contributed by atoms with Crippen molar-refractivity contribution in [2.45, 2.75) is 45.3 Å². The zero-order valence-corrected chi connectivity index (χ0v) is 12.2. The van der Waals surface area contributed by atoms with Gasteiger partial charge in [0.15, 0.2) is 0 Å². The van der Waals surface area contributed by atoms with Crippen molar-refractivity contribution in [3.63, 3.8) is 0 Å². The molecule has 1 aromatic rings. The summed E-state index contributed by atoms with van der Waals surface area (Å²) in [6.45, 7) is 2.73. The first kappa shape index (κ1) is 15.4. The van der Waals surface area contributed by atoms with Crippen molar-refractivity contribution in [1.82, 2.24) is 0 Å². The Hall–Kier alpha value is -1.04. The van der Waals surface area contributed by atoms with Crippen LogP contribution in [-0.4, -0.2) is 30.4 Å². The van der Waals surface area contributed by atoms with E-state index in [0.717, 1.165) is 30.1 Å². The summed E-state index contributed by atoms with van der Waals surface area (Å²) in [5, 5.41) is 18.5. The highest BCUT2D eigenvalue weighted by Gasteiger charge is 2.20. The number of ether oxygens (including phenoxy) is 2. The monoisotopic (exact) mass is 278 g/mol. The number of rotatable bonds is 5. The van der Waals surface area contributed by atoms with E-state index in [4.69, 9.17) is 9.47 Å². The van der Waals surface area contributed by atoms with Gasteiger partial charge < -0.3 is 19.5 Å². The molecule has 2 N–H and O–H groups in total. The van der Waals surface area contributed by atoms with Crippen molar-refractivity contribution in [1.29, 1.82) is 0 Å². The molecule has 4 nitrogen and oxygen atoms in total. The Morgan fingerprint density at radius 2 is 1.90 bits per heavy atom. The Labute approximate surface area is 120 Å². The van der Waals surface area contributed by atoms with Crippen LogP contribution in [0.5, 0.6) is 5.75 Å². The first-order valence-electron chi connectivity index (χ1n) is 7.24. The van der Waals surface area contributed by atoms with Crippen LogP contribution in [0.15, 0.2) is 18.2 Å². The standard InChI is InChI=1S/C15H23BO4/c1-11-3-6-14(7-4-11)20-10-12-9-13(16(17)18)5-8-15(12)19-2/h5,8-9,11,14,17-18H,3-4,6-7,10H2,1-2H3. The zero-order valence-electron chi connectivity index (χ0n) is 12.2. The van der Waals surface area contributed by atoms with E-state index >= 15 is 0 Å². The van der Waals surface area contributed by atoms with E-state index in [1.807, 2.05) is 0 Å². The second kappa shape index (κ2) is 7.11. The van der Waals surface area contributed by atoms with E-state index in [-0.39, 0.29) is 0 Å². The third kappa shape index (κ3) is 3.98. The lowest BCUT2D eigenvalue weighted by Crippen LogP contribution is -2.30. The average molecular weight is 278 g/mol. The van der Waals surface area contributed by atoms with Gasteiger partial charge in [-0.05, 0) is 43.1 Å². The quantitative estimate of drug-likeness (QED) is 0.801. The van der Waals surface area contributed by atoms with Crippen LogP contribution in [-0.2, 0) is 11.3 Å². The van der Waals surface area contributed by atoms with Gasteiger partial charge in [-0.1, -0.05) is 19.1 Å². The minimum atomic E-state index is -1.46. The van der Waals surface area contributed by atoms with Crippen LogP contribution in [0.2, 0.25) is 0 Å². The van der Waals surface area contributed by atoms with Gasteiger partial charge in [0.25, 0.3) is 0 Å². The first-order chi connectivity index (χ1) is 9.60. The molecular weight excluding hydrogens is 255 g/mol. The molecular formula is C15H23BO4. The molecule has 0 aliphatic heterocycles. The second-order valence-electron chi connectivity index (χ2n) is 5.64. The van der Waals surface area contributed by atoms with Gasteiger partial charge in [-0.15, -0.1) is 0 Å². The SMILES string of the molecule is COc1ccc(B(O)O)cc1COC1CCC(C)CC1. The van der Waals surface area contributed by atoms with Crippen molar-refractivity contribution < 1.29 is 19.5 Å². The van der Waals surface area contributed by atoms with Gasteiger partial charge in [-0.3, -0.25) is 0 Å². The molecule has 0 aromatic heterocycles. The van der Waals surface area contributed by atoms with Gasteiger partial charge >= 0.3 is 7.12 Å². The highest BCUT2D eigenvalue weighted by atomic mass is 16.5. The predicted octanol–water partition coefficient (Wildman–Crippen LogP) is 1.47. The Morgan fingerprint density at radius 1 is 1.20 bits per heavy atom. The summed E-state index contributed by atoms with van der Waals surface area (Å²) in [4.78, 5) is 0. The predicted molar refractivity (Wildman–Crippen MR) is 79.0 cm³/mol. The summed E-state index contributed by atoms with van der Waals surface area (Å²) < 4.78 is 11.2. The topological polar surface area (TPSA) is 58.9 Å². The summed E-state index contributed by atoms with van der Waals surface area (Å²) in [7, 11) is 0.145. The zero-order chi connectivity index (χ0) is 14.5. The Balaban J connectivity index is 1.98. The lowest BCUT2D eigenvalue weighted by Gasteiger charge is -2.26. The molecule has 1 aromatic carbocycles. The molecule has 0 atom stereocenters. The maximum atomic E-state index is 9.23. The molecule has 0 spiro atoms. The smallest absolute Gasteiger partial charge is 0.488 e. The Bertz CT molecular complexity index is 428. The maximum Gasteiger partial charge on any atom is 0.488 e. The largest absolute Gasteiger partial charge is 0.496 e. The van der Waals surface area contributed by atoms with E-state index in [2.05, 4.69) is 6.92 Å². The highest BCUT2D eigenvalue weighted by molar-refractivity contribution is 6.58. The minimum absolute atomic E-state index is 0.304. The van der Waals surface area contributed by atoms with Crippen LogP contribution in [0.4, 0.5) is 0 Å². The molecule has 0 unspecified atom stereocenters. The van der Waals surface area contributed by atoms with Crippen LogP contribution in [0, 0.1) is 5.92 Å². The normalized spacial score (nSPS) is 22.6. The van der Waals surface area contributed by atoms with Gasteiger partial charge in [0, 0.05) is 5.56 Å². The summed E-state index contributed by atoms with van der Waals surface area (Å²) in [5.74, 6) is 1.52. The fourth-order valence-electron chi connectivity index (χ4n) is 2.68. The van der Waals surface area contributed by atoms with Gasteiger partial charge in [-0.25, -0.2) is 0 Å². The minimum Gasteiger partial charge on any atom is -0.496 e. The summed E-state index contributed by atoms with van der Waals surface area (Å²) in [5.41, 5.74) is 1.32. The Kier molecular flexibility index (Phi) is 5.46. The number of benzene rings is 1. The average Bonchev–Trinajstić information content (AvgIpc) is 2.46. The van der Waals surface area contributed by atoms with E-state index in [1.54, 1.807) is 25.3 Å². The van der Waals surface area contributed by atoms with Gasteiger partial charge in [-0.2, -0.15) is 0 Å². The van der Waals surface area contributed by atoms with Gasteiger partial charge in [0.05, 0.1) is 19.8 Å². The van der Waals surface area contributed by atoms with Crippen molar-refractivity contribution in [3.05, 3.63) is 23.8 Å². The van der Waals surface area contributed by atoms with Crippen molar-refractivity contribution in [3.8, 4) is 5.75 Å². The number of hydrogen-bond donors (Lipinski definition) is 2. The van der Waals surface area contributed by atoms with Gasteiger partial charge in [0.1, 0.15) is 5.75 Å². The Morgan fingerprint density at radius 3 is 2.50 bits per heavy atom. The molecule has 0 heterocycles. The highest BCUT2D eigenvalue weighted by Crippen LogP contribution is 2.27. The molecule has 0 bridgehead atoms. The van der Waals surface area contributed by atoms with Crippen LogP contribution < -0.4 is 10.2 Å². The van der Waals surface area contributed by atoms with E-state index in [0.29, 0.717) is 18.2 Å². The molecule has 1 aliphatic rings. The summed E-state index contributed by atoms with van der Waals surface area (Å²) >= 11 is 0. The third-order valence-corrected chi connectivity index (χ3v) is 4.04. The molecule has 0 saturated heterocycles. The molecule has 0 radical (unpaired) electrons. The third-order valence-electron chi connectivity index (χ3n) is 4.04. The number of methoxy groups -OCH3 is 1. The van der Waals surface area contributed by atoms with Gasteiger partial charge in [0.2, 0.25) is 0 Å². The molecule has 5 heteroatoms. The van der Waals surface area contributed by atoms with E-state index in [1.165, 1.54) is 12.8 Å². The molecule has 20 heavy (non-hydrogen) atoms. The van der Waals surface area contributed by atoms with E-state index in [9.17, 15) is 10.0 Å². The molecule has 2 rings (SSSR count). The van der Waals surface area contributed by atoms with Crippen molar-refractivity contribution >= 4 is 12.6 Å². The number of hydrogen-bond acceptors (Lipinski definition) is 4. The molecule has 1 fully saturated rings.